The molecule has 2 atom stereocenters. The Bertz CT molecular complexity index is 1180. The van der Waals surface area contributed by atoms with E-state index in [4.69, 9.17) is 37.8 Å². The first-order valence-electron chi connectivity index (χ1n) is 9.79. The minimum absolute atomic E-state index is 0.152. The van der Waals surface area contributed by atoms with E-state index >= 15 is 0 Å². The van der Waals surface area contributed by atoms with Crippen molar-refractivity contribution in [3.8, 4) is 11.5 Å². The van der Waals surface area contributed by atoms with E-state index in [0.717, 1.165) is 22.6 Å². The van der Waals surface area contributed by atoms with Gasteiger partial charge in [0.25, 0.3) is 6.23 Å². The van der Waals surface area contributed by atoms with Crippen LogP contribution in [0.2, 0.25) is 10.0 Å². The fraction of sp³-hybridized carbons (Fsp3) is 0.167. The largest absolute Gasteiger partial charge is 0.497 e. The molecule has 0 amide bonds. The van der Waals surface area contributed by atoms with Crippen LogP contribution >= 0.6 is 23.2 Å². The first-order chi connectivity index (χ1) is 15.0. The number of carbonyl (C=O) groups is 1. The first kappa shape index (κ1) is 19.9. The number of benzene rings is 3. The van der Waals surface area contributed by atoms with Gasteiger partial charge in [-0.05, 0) is 72.3 Å². The fourth-order valence-electron chi connectivity index (χ4n) is 3.95. The number of rotatable bonds is 4. The zero-order valence-corrected chi connectivity index (χ0v) is 18.1. The number of nitrogens with zero attached hydrogens (tertiary/aromatic N) is 2. The highest BCUT2D eigenvalue weighted by Crippen LogP contribution is 2.44. The molecule has 0 saturated heterocycles. The minimum Gasteiger partial charge on any atom is -0.497 e. The lowest BCUT2D eigenvalue weighted by molar-refractivity contribution is -0.00455. The molecule has 3 aromatic carbocycles. The number of carbonyl (C=O) groups excluding carboxylic acids is 1. The minimum atomic E-state index is -0.879. The number of fused-ring (bicyclic) bond motifs is 3. The predicted molar refractivity (Wildman–Crippen MR) is 120 cm³/mol. The highest BCUT2D eigenvalue weighted by Gasteiger charge is 2.43. The molecular formula is C24H18Cl2N2O3. The zero-order valence-electron chi connectivity index (χ0n) is 16.6. The van der Waals surface area contributed by atoms with Crippen LogP contribution in [0, 0.1) is 0 Å². The summed E-state index contributed by atoms with van der Waals surface area (Å²) in [4.78, 5) is 13.3. The van der Waals surface area contributed by atoms with Crippen molar-refractivity contribution >= 4 is 34.7 Å². The molecule has 0 bridgehead atoms. The molecule has 0 fully saturated rings. The summed E-state index contributed by atoms with van der Waals surface area (Å²) in [5.41, 5.74) is 3.27. The quantitative estimate of drug-likeness (QED) is 0.472. The Labute approximate surface area is 189 Å². The van der Waals surface area contributed by atoms with Gasteiger partial charge in [0.2, 0.25) is 5.78 Å². The molecule has 0 N–H and O–H groups in total. The van der Waals surface area contributed by atoms with Crippen molar-refractivity contribution in [3.63, 3.8) is 0 Å². The zero-order chi connectivity index (χ0) is 21.5. The molecule has 5 nitrogen and oxygen atoms in total. The number of ether oxygens (including phenoxy) is 2. The molecule has 0 unspecified atom stereocenters. The van der Waals surface area contributed by atoms with Crippen LogP contribution in [0.4, 0.5) is 0 Å². The summed E-state index contributed by atoms with van der Waals surface area (Å²) in [6.07, 6.45) is -0.247. The van der Waals surface area contributed by atoms with Gasteiger partial charge in [0, 0.05) is 27.6 Å². The lowest BCUT2D eigenvalue weighted by Gasteiger charge is -2.37. The number of hydrogen-bond acceptors (Lipinski definition) is 5. The fourth-order valence-corrected chi connectivity index (χ4v) is 4.25. The Morgan fingerprint density at radius 2 is 1.74 bits per heavy atom. The number of ketones is 1. The van der Waals surface area contributed by atoms with Crippen LogP contribution in [0.25, 0.3) is 0 Å². The lowest BCUT2D eigenvalue weighted by Crippen LogP contribution is -2.45. The normalized spacial score (nSPS) is 19.2. The van der Waals surface area contributed by atoms with E-state index in [1.807, 2.05) is 36.4 Å². The molecule has 2 aliphatic rings. The molecule has 0 radical (unpaired) electrons. The first-order valence-corrected chi connectivity index (χ1v) is 10.6. The predicted octanol–water partition coefficient (Wildman–Crippen LogP) is 5.75. The van der Waals surface area contributed by atoms with E-state index in [-0.39, 0.29) is 11.8 Å². The smallest absolute Gasteiger partial charge is 0.251 e. The van der Waals surface area contributed by atoms with Crippen molar-refractivity contribution < 1.29 is 14.3 Å². The second-order valence-corrected chi connectivity index (χ2v) is 8.27. The molecule has 0 aromatic heterocycles. The van der Waals surface area contributed by atoms with Crippen molar-refractivity contribution in [3.05, 3.63) is 93.5 Å². The molecule has 2 aliphatic heterocycles. The Hall–Kier alpha value is -3.02. The Kier molecular flexibility index (Phi) is 5.08. The number of Topliss-reactive ketones (excluding diaryl/α,β-unsaturated/α-hetero) is 1. The van der Waals surface area contributed by atoms with Crippen LogP contribution in [0.1, 0.15) is 33.9 Å². The van der Waals surface area contributed by atoms with Crippen LogP contribution in [0.5, 0.6) is 11.5 Å². The van der Waals surface area contributed by atoms with Crippen molar-refractivity contribution in [2.45, 2.75) is 18.7 Å². The molecule has 5 rings (SSSR count). The van der Waals surface area contributed by atoms with Gasteiger partial charge in [-0.1, -0.05) is 23.2 Å². The van der Waals surface area contributed by atoms with Crippen molar-refractivity contribution in [2.24, 2.45) is 5.10 Å². The standard InChI is InChI=1S/C24H18Cl2N2O3/c1-30-18-9-4-14(5-10-18)20-13-21-19-12-17(26)8-11-22(19)31-24(28(21)27-20)23(29)15-2-6-16(25)7-3-15/h2-12,21,24H,13H2,1H3/t21-,24-/m1/s1. The Morgan fingerprint density at radius 1 is 1.03 bits per heavy atom. The number of hydrazone groups is 1. The molecule has 156 valence electrons. The maximum Gasteiger partial charge on any atom is 0.251 e. The number of halogens is 2. The third-order valence-electron chi connectivity index (χ3n) is 5.53. The SMILES string of the molecule is COc1ccc(C2=NN3[C@@H](C(=O)c4ccc(Cl)cc4)Oc4ccc(Cl)cc4[C@H]3C2)cc1. The summed E-state index contributed by atoms with van der Waals surface area (Å²) in [6.45, 7) is 0. The Balaban J connectivity index is 1.55. The summed E-state index contributed by atoms with van der Waals surface area (Å²) in [5.74, 6) is 1.24. The number of hydrogen-bond donors (Lipinski definition) is 0. The lowest BCUT2D eigenvalue weighted by atomic mass is 9.95. The van der Waals surface area contributed by atoms with Gasteiger partial charge in [0.15, 0.2) is 0 Å². The second-order valence-electron chi connectivity index (χ2n) is 7.40. The van der Waals surface area contributed by atoms with Gasteiger partial charge in [-0.2, -0.15) is 5.10 Å². The number of methoxy groups -OCH3 is 1. The topological polar surface area (TPSA) is 51.1 Å². The molecular weight excluding hydrogens is 435 g/mol. The van der Waals surface area contributed by atoms with E-state index in [1.54, 1.807) is 42.5 Å². The van der Waals surface area contributed by atoms with Gasteiger partial charge < -0.3 is 9.47 Å². The molecule has 7 heteroatoms. The molecule has 3 aromatic rings. The Morgan fingerprint density at radius 3 is 2.45 bits per heavy atom. The van der Waals surface area contributed by atoms with Gasteiger partial charge >= 0.3 is 0 Å². The van der Waals surface area contributed by atoms with Gasteiger partial charge in [0.05, 0.1) is 18.9 Å². The van der Waals surface area contributed by atoms with Gasteiger partial charge in [-0.3, -0.25) is 4.79 Å². The highest BCUT2D eigenvalue weighted by molar-refractivity contribution is 6.31. The van der Waals surface area contributed by atoms with E-state index in [9.17, 15) is 4.79 Å². The van der Waals surface area contributed by atoms with Gasteiger partial charge in [0.1, 0.15) is 11.5 Å². The van der Waals surface area contributed by atoms with Gasteiger partial charge in [-0.25, -0.2) is 5.01 Å². The molecule has 31 heavy (non-hydrogen) atoms. The monoisotopic (exact) mass is 452 g/mol. The van der Waals surface area contributed by atoms with Crippen LogP contribution in [0.15, 0.2) is 71.8 Å². The van der Waals surface area contributed by atoms with Crippen LogP contribution in [-0.4, -0.2) is 29.8 Å². The van der Waals surface area contributed by atoms with Crippen molar-refractivity contribution in [1.82, 2.24) is 5.01 Å². The van der Waals surface area contributed by atoms with E-state index in [0.29, 0.717) is 27.8 Å². The third-order valence-corrected chi connectivity index (χ3v) is 6.02. The van der Waals surface area contributed by atoms with Crippen LogP contribution < -0.4 is 9.47 Å². The van der Waals surface area contributed by atoms with E-state index < -0.39 is 6.23 Å². The highest BCUT2D eigenvalue weighted by atomic mass is 35.5. The van der Waals surface area contributed by atoms with E-state index in [2.05, 4.69) is 0 Å². The maximum atomic E-state index is 13.3. The molecule has 2 heterocycles. The molecule has 0 saturated carbocycles. The summed E-state index contributed by atoms with van der Waals surface area (Å²) in [5, 5.41) is 7.73. The summed E-state index contributed by atoms with van der Waals surface area (Å²) in [6, 6.07) is 19.8. The van der Waals surface area contributed by atoms with E-state index in [1.165, 1.54) is 0 Å². The van der Waals surface area contributed by atoms with Crippen molar-refractivity contribution in [2.75, 3.05) is 7.11 Å². The maximum absolute atomic E-state index is 13.3. The third kappa shape index (κ3) is 3.64. The molecule has 0 aliphatic carbocycles. The summed E-state index contributed by atoms with van der Waals surface area (Å²) in [7, 11) is 1.63. The summed E-state index contributed by atoms with van der Waals surface area (Å²) < 4.78 is 11.4. The van der Waals surface area contributed by atoms with Crippen LogP contribution in [-0.2, 0) is 0 Å². The van der Waals surface area contributed by atoms with Crippen LogP contribution in [0.3, 0.4) is 0 Å². The second kappa shape index (κ2) is 7.91. The van der Waals surface area contributed by atoms with Gasteiger partial charge in [-0.15, -0.1) is 0 Å². The van der Waals surface area contributed by atoms with Crippen molar-refractivity contribution in [1.29, 1.82) is 0 Å². The average molecular weight is 453 g/mol. The molecule has 0 spiro atoms. The summed E-state index contributed by atoms with van der Waals surface area (Å²) >= 11 is 12.2. The average Bonchev–Trinajstić information content (AvgIpc) is 3.24.